The van der Waals surface area contributed by atoms with Crippen molar-refractivity contribution in [2.45, 2.75) is 26.1 Å². The van der Waals surface area contributed by atoms with Crippen LogP contribution in [0.25, 0.3) is 10.8 Å². The lowest BCUT2D eigenvalue weighted by Gasteiger charge is -2.16. The summed E-state index contributed by atoms with van der Waals surface area (Å²) in [4.78, 5) is 0. The largest absolute Gasteiger partial charge is 0.493 e. The highest BCUT2D eigenvalue weighted by atomic mass is 19.3. The Bertz CT molecular complexity index is 883. The number of nitrogens with one attached hydrogen (secondary N) is 1. The van der Waals surface area contributed by atoms with Crippen molar-refractivity contribution in [1.82, 2.24) is 5.32 Å². The van der Waals surface area contributed by atoms with E-state index in [4.69, 9.17) is 4.74 Å². The van der Waals surface area contributed by atoms with Crippen LogP contribution in [0.1, 0.15) is 24.1 Å². The minimum Gasteiger partial charge on any atom is -0.493 e. The van der Waals surface area contributed by atoms with Crippen molar-refractivity contribution in [3.8, 4) is 11.5 Å². The van der Waals surface area contributed by atoms with Gasteiger partial charge in [0.1, 0.15) is 0 Å². The van der Waals surface area contributed by atoms with Gasteiger partial charge in [-0.05, 0) is 47.0 Å². The van der Waals surface area contributed by atoms with Gasteiger partial charge in [0.2, 0.25) is 0 Å². The average molecular weight is 357 g/mol. The third-order valence-corrected chi connectivity index (χ3v) is 4.33. The van der Waals surface area contributed by atoms with Gasteiger partial charge >= 0.3 is 6.61 Å². The molecule has 0 aliphatic rings. The number of methoxy groups -OCH3 is 1. The van der Waals surface area contributed by atoms with Crippen LogP contribution >= 0.6 is 0 Å². The number of ether oxygens (including phenoxy) is 2. The zero-order chi connectivity index (χ0) is 18.5. The Morgan fingerprint density at radius 3 is 2.42 bits per heavy atom. The number of fused-ring (bicyclic) bond motifs is 1. The summed E-state index contributed by atoms with van der Waals surface area (Å²) >= 11 is 0. The predicted molar refractivity (Wildman–Crippen MR) is 98.8 cm³/mol. The zero-order valence-electron chi connectivity index (χ0n) is 14.7. The summed E-state index contributed by atoms with van der Waals surface area (Å²) in [6.45, 7) is -0.287. The number of alkyl halides is 2. The van der Waals surface area contributed by atoms with E-state index < -0.39 is 6.61 Å². The van der Waals surface area contributed by atoms with Crippen molar-refractivity contribution >= 4 is 10.8 Å². The van der Waals surface area contributed by atoms with Crippen molar-refractivity contribution < 1.29 is 18.3 Å². The molecule has 3 nitrogen and oxygen atoms in total. The molecular weight excluding hydrogens is 336 g/mol. The monoisotopic (exact) mass is 357 g/mol. The highest BCUT2D eigenvalue weighted by Crippen LogP contribution is 2.29. The lowest BCUT2D eigenvalue weighted by Crippen LogP contribution is -2.18. The van der Waals surface area contributed by atoms with Crippen LogP contribution in [0.4, 0.5) is 8.78 Å². The summed E-state index contributed by atoms with van der Waals surface area (Å²) in [5.41, 5.74) is 2.01. The maximum Gasteiger partial charge on any atom is 0.387 e. The second kappa shape index (κ2) is 8.15. The van der Waals surface area contributed by atoms with E-state index in [1.165, 1.54) is 23.4 Å². The molecule has 3 rings (SSSR count). The Hall–Kier alpha value is -2.66. The molecule has 0 aliphatic heterocycles. The van der Waals surface area contributed by atoms with Crippen LogP contribution in [0.5, 0.6) is 11.5 Å². The molecule has 136 valence electrons. The van der Waals surface area contributed by atoms with Gasteiger partial charge in [-0.1, -0.05) is 42.5 Å². The molecule has 5 heteroatoms. The lowest BCUT2D eigenvalue weighted by molar-refractivity contribution is -0.0512. The maximum absolute atomic E-state index is 12.5. The molecule has 0 spiro atoms. The molecule has 0 saturated carbocycles. The number of halogens is 2. The van der Waals surface area contributed by atoms with Crippen LogP contribution in [0.2, 0.25) is 0 Å². The summed E-state index contributed by atoms with van der Waals surface area (Å²) in [7, 11) is 1.42. The van der Waals surface area contributed by atoms with Gasteiger partial charge in [-0.25, -0.2) is 0 Å². The maximum atomic E-state index is 12.5. The van der Waals surface area contributed by atoms with Crippen molar-refractivity contribution in [2.24, 2.45) is 0 Å². The fourth-order valence-electron chi connectivity index (χ4n) is 2.89. The van der Waals surface area contributed by atoms with E-state index in [0.29, 0.717) is 6.54 Å². The molecule has 0 aliphatic carbocycles. The minimum absolute atomic E-state index is 0.0418. The molecular formula is C21H21F2NO2. The Morgan fingerprint density at radius 1 is 0.923 bits per heavy atom. The first-order valence-electron chi connectivity index (χ1n) is 8.40. The predicted octanol–water partition coefficient (Wildman–Crippen LogP) is 5.30. The van der Waals surface area contributed by atoms with E-state index in [2.05, 4.69) is 47.3 Å². The summed E-state index contributed by atoms with van der Waals surface area (Å²) in [6, 6.07) is 19.7. The normalized spacial score (nSPS) is 12.3. The van der Waals surface area contributed by atoms with Crippen molar-refractivity contribution in [3.05, 3.63) is 71.8 Å². The van der Waals surface area contributed by atoms with Crippen LogP contribution in [0, 0.1) is 0 Å². The lowest BCUT2D eigenvalue weighted by atomic mass is 10.0. The molecule has 0 saturated heterocycles. The number of hydrogen-bond acceptors (Lipinski definition) is 3. The zero-order valence-corrected chi connectivity index (χ0v) is 14.7. The molecule has 1 N–H and O–H groups in total. The second-order valence-corrected chi connectivity index (χ2v) is 6.07. The van der Waals surface area contributed by atoms with E-state index in [1.54, 1.807) is 12.1 Å². The van der Waals surface area contributed by atoms with Gasteiger partial charge in [0.15, 0.2) is 11.5 Å². The molecule has 0 heterocycles. The number of rotatable bonds is 7. The molecule has 1 unspecified atom stereocenters. The van der Waals surface area contributed by atoms with Crippen LogP contribution in [0.3, 0.4) is 0 Å². The van der Waals surface area contributed by atoms with Gasteiger partial charge in [-0.15, -0.1) is 0 Å². The molecule has 0 aromatic heterocycles. The third-order valence-electron chi connectivity index (χ3n) is 4.33. The fraction of sp³-hybridized carbons (Fsp3) is 0.238. The summed E-state index contributed by atoms with van der Waals surface area (Å²) in [5.74, 6) is 0.330. The van der Waals surface area contributed by atoms with Crippen molar-refractivity contribution in [2.75, 3.05) is 7.11 Å². The molecule has 26 heavy (non-hydrogen) atoms. The number of hydrogen-bond donors (Lipinski definition) is 1. The van der Waals surface area contributed by atoms with Gasteiger partial charge in [0, 0.05) is 12.6 Å². The summed E-state index contributed by atoms with van der Waals surface area (Å²) in [6.07, 6.45) is 0. The fourth-order valence-corrected chi connectivity index (χ4v) is 2.89. The average Bonchev–Trinajstić information content (AvgIpc) is 2.65. The molecule has 0 fully saturated rings. The van der Waals surface area contributed by atoms with E-state index in [-0.39, 0.29) is 17.5 Å². The van der Waals surface area contributed by atoms with Crippen LogP contribution in [-0.2, 0) is 6.54 Å². The topological polar surface area (TPSA) is 30.5 Å². The highest BCUT2D eigenvalue weighted by molar-refractivity contribution is 5.83. The smallest absolute Gasteiger partial charge is 0.387 e. The minimum atomic E-state index is -2.89. The quantitative estimate of drug-likeness (QED) is 0.622. The standard InChI is InChI=1S/C21H21F2NO2/c1-14(17-9-8-16-5-3-4-6-18(16)12-17)24-13-15-7-10-19(25-2)20(11-15)26-21(22)23/h3-12,14,21,24H,13H2,1-2H3. The Kier molecular flexibility index (Phi) is 5.68. The van der Waals surface area contributed by atoms with E-state index >= 15 is 0 Å². The molecule has 0 bridgehead atoms. The first-order valence-corrected chi connectivity index (χ1v) is 8.40. The van der Waals surface area contributed by atoms with Crippen LogP contribution in [0.15, 0.2) is 60.7 Å². The van der Waals surface area contributed by atoms with Crippen LogP contribution in [-0.4, -0.2) is 13.7 Å². The van der Waals surface area contributed by atoms with Crippen molar-refractivity contribution in [1.29, 1.82) is 0 Å². The van der Waals surface area contributed by atoms with Crippen LogP contribution < -0.4 is 14.8 Å². The Morgan fingerprint density at radius 2 is 1.69 bits per heavy atom. The highest BCUT2D eigenvalue weighted by Gasteiger charge is 2.12. The van der Waals surface area contributed by atoms with Gasteiger partial charge in [0.25, 0.3) is 0 Å². The third kappa shape index (κ3) is 4.29. The summed E-state index contributed by atoms with van der Waals surface area (Å²) < 4.78 is 34.7. The van der Waals surface area contributed by atoms with E-state index in [9.17, 15) is 8.78 Å². The van der Waals surface area contributed by atoms with Gasteiger partial charge in [-0.2, -0.15) is 8.78 Å². The Labute approximate surface area is 151 Å². The Balaban J connectivity index is 1.70. The van der Waals surface area contributed by atoms with Crippen molar-refractivity contribution in [3.63, 3.8) is 0 Å². The molecule has 0 radical (unpaired) electrons. The first-order chi connectivity index (χ1) is 12.6. The van der Waals surface area contributed by atoms with Gasteiger partial charge in [-0.3, -0.25) is 0 Å². The number of benzene rings is 3. The molecule has 1 atom stereocenters. The first kappa shape index (κ1) is 18.1. The van der Waals surface area contributed by atoms with E-state index in [1.807, 2.05) is 18.2 Å². The SMILES string of the molecule is COc1ccc(CNC(C)c2ccc3ccccc3c2)cc1OC(F)F. The van der Waals surface area contributed by atoms with Gasteiger partial charge < -0.3 is 14.8 Å². The van der Waals surface area contributed by atoms with Gasteiger partial charge in [0.05, 0.1) is 7.11 Å². The summed E-state index contributed by atoms with van der Waals surface area (Å²) in [5, 5.41) is 5.81. The molecule has 3 aromatic rings. The second-order valence-electron chi connectivity index (χ2n) is 6.07. The molecule has 0 amide bonds. The van der Waals surface area contributed by atoms with E-state index in [0.717, 1.165) is 5.56 Å². The molecule has 3 aromatic carbocycles.